The lowest BCUT2D eigenvalue weighted by Crippen LogP contribution is -3.17. The number of hydrogen-bond acceptors (Lipinski definition) is 2. The van der Waals surface area contributed by atoms with Crippen LogP contribution in [-0.2, 0) is 4.74 Å². The lowest BCUT2D eigenvalue weighted by atomic mass is 9.89. The van der Waals surface area contributed by atoms with Gasteiger partial charge in [-0.3, -0.25) is 0 Å². The van der Waals surface area contributed by atoms with Gasteiger partial charge in [0.15, 0.2) is 0 Å². The number of nitrogens with one attached hydrogen (secondary N) is 1. The second-order valence-corrected chi connectivity index (χ2v) is 6.88. The van der Waals surface area contributed by atoms with Crippen LogP contribution < -0.4 is 4.90 Å². The number of rotatable bonds is 5. The lowest BCUT2D eigenvalue weighted by molar-refractivity contribution is -0.931. The van der Waals surface area contributed by atoms with Gasteiger partial charge in [-0.05, 0) is 57.8 Å². The number of hydrogen-bond donors (Lipinski definition) is 2. The normalized spacial score (nSPS) is 38.1. The topological polar surface area (TPSA) is 33.9 Å². The van der Waals surface area contributed by atoms with Gasteiger partial charge in [0.1, 0.15) is 12.6 Å². The van der Waals surface area contributed by atoms with Crippen molar-refractivity contribution in [1.82, 2.24) is 0 Å². The molecule has 0 radical (unpaired) electrons. The van der Waals surface area contributed by atoms with Crippen molar-refractivity contribution >= 4 is 0 Å². The van der Waals surface area contributed by atoms with Gasteiger partial charge in [0.05, 0.1) is 25.3 Å². The van der Waals surface area contributed by atoms with Crippen LogP contribution >= 0.6 is 0 Å². The zero-order chi connectivity index (χ0) is 13.7. The molecule has 19 heavy (non-hydrogen) atoms. The molecule has 0 spiro atoms. The smallest absolute Gasteiger partial charge is 0.126 e. The van der Waals surface area contributed by atoms with Crippen LogP contribution in [0, 0.1) is 5.92 Å². The van der Waals surface area contributed by atoms with Crippen LogP contribution in [0.3, 0.4) is 0 Å². The number of likely N-dealkylation sites (tertiary alicyclic amines) is 1. The van der Waals surface area contributed by atoms with Gasteiger partial charge in [-0.25, -0.2) is 0 Å². The van der Waals surface area contributed by atoms with E-state index in [9.17, 15) is 5.11 Å². The second kappa shape index (κ2) is 7.61. The highest BCUT2D eigenvalue weighted by atomic mass is 16.5. The predicted octanol–water partition coefficient (Wildman–Crippen LogP) is 1.40. The van der Waals surface area contributed by atoms with Gasteiger partial charge in [0, 0.05) is 0 Å². The molecule has 1 saturated carbocycles. The van der Waals surface area contributed by atoms with E-state index in [1.807, 2.05) is 0 Å². The molecule has 2 N–H and O–H groups in total. The number of aliphatic hydroxyl groups excluding tert-OH is 1. The molecule has 0 aromatic heterocycles. The third kappa shape index (κ3) is 5.05. The first-order valence-electron chi connectivity index (χ1n) is 8.29. The van der Waals surface area contributed by atoms with Gasteiger partial charge in [0.2, 0.25) is 0 Å². The molecule has 3 heteroatoms. The molecule has 112 valence electrons. The van der Waals surface area contributed by atoms with Crippen molar-refractivity contribution < 1.29 is 14.7 Å². The fourth-order valence-corrected chi connectivity index (χ4v) is 3.56. The van der Waals surface area contributed by atoms with Crippen molar-refractivity contribution in [2.45, 2.75) is 77.0 Å². The third-order valence-corrected chi connectivity index (χ3v) is 5.07. The Balaban J connectivity index is 1.62. The second-order valence-electron chi connectivity index (χ2n) is 6.88. The summed E-state index contributed by atoms with van der Waals surface area (Å²) in [5, 5.41) is 10.2. The van der Waals surface area contributed by atoms with E-state index in [0.717, 1.165) is 12.5 Å². The predicted molar refractivity (Wildman–Crippen MR) is 77.4 cm³/mol. The average Bonchev–Trinajstić information content (AvgIpc) is 2.41. The SMILES string of the molecule is CC1CCC(OC[C@H](O)C[NH+]2CCCC[C@@H]2C)CC1. The Hall–Kier alpha value is -0.120. The monoisotopic (exact) mass is 270 g/mol. The van der Waals surface area contributed by atoms with E-state index in [1.54, 1.807) is 4.90 Å². The molecule has 2 fully saturated rings. The molecule has 1 saturated heterocycles. The van der Waals surface area contributed by atoms with Crippen molar-refractivity contribution in [3.8, 4) is 0 Å². The Morgan fingerprint density at radius 2 is 1.84 bits per heavy atom. The van der Waals surface area contributed by atoms with Gasteiger partial charge in [-0.1, -0.05) is 6.92 Å². The molecular formula is C16H32NO2+. The molecule has 0 aromatic carbocycles. The van der Waals surface area contributed by atoms with Gasteiger partial charge in [-0.2, -0.15) is 0 Å². The Bertz CT molecular complexity index is 251. The summed E-state index contributed by atoms with van der Waals surface area (Å²) in [4.78, 5) is 1.57. The largest absolute Gasteiger partial charge is 0.385 e. The van der Waals surface area contributed by atoms with Crippen LogP contribution in [0.1, 0.15) is 58.8 Å². The summed E-state index contributed by atoms with van der Waals surface area (Å²) in [6.07, 6.45) is 9.04. The van der Waals surface area contributed by atoms with Crippen molar-refractivity contribution in [3.63, 3.8) is 0 Å². The highest BCUT2D eigenvalue weighted by molar-refractivity contribution is 4.70. The van der Waals surface area contributed by atoms with E-state index in [0.29, 0.717) is 18.8 Å². The van der Waals surface area contributed by atoms with Crippen molar-refractivity contribution in [2.75, 3.05) is 19.7 Å². The molecule has 1 aliphatic heterocycles. The summed E-state index contributed by atoms with van der Waals surface area (Å²) in [6, 6.07) is 0.707. The van der Waals surface area contributed by atoms with Crippen molar-refractivity contribution in [2.24, 2.45) is 5.92 Å². The number of quaternary nitrogens is 1. The fourth-order valence-electron chi connectivity index (χ4n) is 3.56. The molecule has 1 aliphatic carbocycles. The number of aliphatic hydroxyl groups is 1. The summed E-state index contributed by atoms with van der Waals surface area (Å²) in [6.45, 7) is 7.26. The molecule has 3 atom stereocenters. The molecule has 0 aromatic rings. The van der Waals surface area contributed by atoms with E-state index in [1.165, 1.54) is 51.5 Å². The summed E-state index contributed by atoms with van der Waals surface area (Å²) >= 11 is 0. The van der Waals surface area contributed by atoms with Crippen molar-refractivity contribution in [1.29, 1.82) is 0 Å². The first-order valence-corrected chi connectivity index (χ1v) is 8.29. The summed E-state index contributed by atoms with van der Waals surface area (Å²) in [7, 11) is 0. The molecule has 0 bridgehead atoms. The van der Waals surface area contributed by atoms with Gasteiger partial charge in [-0.15, -0.1) is 0 Å². The first-order chi connectivity index (χ1) is 9.15. The first kappa shape index (κ1) is 15.3. The molecule has 2 rings (SSSR count). The van der Waals surface area contributed by atoms with Crippen molar-refractivity contribution in [3.05, 3.63) is 0 Å². The van der Waals surface area contributed by atoms with E-state index >= 15 is 0 Å². The van der Waals surface area contributed by atoms with E-state index < -0.39 is 0 Å². The van der Waals surface area contributed by atoms with Crippen LogP contribution in [0.4, 0.5) is 0 Å². The molecule has 1 heterocycles. The third-order valence-electron chi connectivity index (χ3n) is 5.07. The maximum Gasteiger partial charge on any atom is 0.126 e. The fraction of sp³-hybridized carbons (Fsp3) is 1.00. The Kier molecular flexibility index (Phi) is 6.11. The van der Waals surface area contributed by atoms with Crippen LogP contribution in [0.15, 0.2) is 0 Å². The van der Waals surface area contributed by atoms with Crippen LogP contribution in [0.2, 0.25) is 0 Å². The van der Waals surface area contributed by atoms with Gasteiger partial charge >= 0.3 is 0 Å². The average molecular weight is 270 g/mol. The summed E-state index contributed by atoms with van der Waals surface area (Å²) < 4.78 is 5.91. The maximum absolute atomic E-state index is 10.2. The lowest BCUT2D eigenvalue weighted by Gasteiger charge is -2.32. The Morgan fingerprint density at radius 1 is 1.11 bits per heavy atom. The van der Waals surface area contributed by atoms with Crippen LogP contribution in [-0.4, -0.2) is 43.1 Å². The standard InChI is InChI=1S/C16H31NO2/c1-13-6-8-16(9-7-13)19-12-15(18)11-17-10-4-3-5-14(17)2/h13-16,18H,3-12H2,1-2H3/p+1/t13?,14-,15+,16?/m0/s1. The van der Waals surface area contributed by atoms with E-state index in [2.05, 4.69) is 13.8 Å². The van der Waals surface area contributed by atoms with Gasteiger partial charge in [0.25, 0.3) is 0 Å². The minimum absolute atomic E-state index is 0.282. The zero-order valence-electron chi connectivity index (χ0n) is 12.7. The number of ether oxygens (including phenoxy) is 1. The molecule has 0 amide bonds. The molecule has 3 nitrogen and oxygen atoms in total. The Labute approximate surface area is 118 Å². The minimum Gasteiger partial charge on any atom is -0.385 e. The number of piperidine rings is 1. The van der Waals surface area contributed by atoms with E-state index in [-0.39, 0.29) is 6.10 Å². The highest BCUT2D eigenvalue weighted by Gasteiger charge is 2.25. The summed E-state index contributed by atoms with van der Waals surface area (Å²) in [5.41, 5.74) is 0. The highest BCUT2D eigenvalue weighted by Crippen LogP contribution is 2.25. The molecule has 2 aliphatic rings. The zero-order valence-corrected chi connectivity index (χ0v) is 12.7. The molecular weight excluding hydrogens is 238 g/mol. The quantitative estimate of drug-likeness (QED) is 0.792. The maximum atomic E-state index is 10.2. The summed E-state index contributed by atoms with van der Waals surface area (Å²) in [5.74, 6) is 0.864. The Morgan fingerprint density at radius 3 is 2.53 bits per heavy atom. The minimum atomic E-state index is -0.282. The van der Waals surface area contributed by atoms with Crippen LogP contribution in [0.25, 0.3) is 0 Å². The van der Waals surface area contributed by atoms with Gasteiger partial charge < -0.3 is 14.7 Å². The van der Waals surface area contributed by atoms with E-state index in [4.69, 9.17) is 4.74 Å². The van der Waals surface area contributed by atoms with Crippen LogP contribution in [0.5, 0.6) is 0 Å². The molecule has 1 unspecified atom stereocenters.